The fourth-order valence-electron chi connectivity index (χ4n) is 5.75. The third kappa shape index (κ3) is 8.33. The first kappa shape index (κ1) is 34.0. The van der Waals surface area contributed by atoms with Gasteiger partial charge >= 0.3 is 5.97 Å². The molecular weight excluding hydrogens is 632 g/mol. The zero-order valence-electron chi connectivity index (χ0n) is 25.7. The molecule has 0 saturated heterocycles. The second kappa shape index (κ2) is 15.0. The summed E-state index contributed by atoms with van der Waals surface area (Å²) >= 11 is 0.976. The number of carbonyl (C=O) groups is 2. The smallest absolute Gasteiger partial charge is 0.339 e. The molecule has 1 amide bonds. The molecule has 1 fully saturated rings. The lowest BCUT2D eigenvalue weighted by Gasteiger charge is -2.28. The molecule has 47 heavy (non-hydrogen) atoms. The fourth-order valence-corrected chi connectivity index (χ4v) is 6.67. The molecule has 246 valence electrons. The van der Waals surface area contributed by atoms with Gasteiger partial charge in [0.15, 0.2) is 23.3 Å². The molecule has 0 bridgehead atoms. The number of anilines is 1. The zero-order valence-corrected chi connectivity index (χ0v) is 26.5. The number of nitrogens with zero attached hydrogens (tertiary/aromatic N) is 2. The van der Waals surface area contributed by atoms with Gasteiger partial charge in [-0.05, 0) is 73.0 Å². The van der Waals surface area contributed by atoms with Crippen molar-refractivity contribution in [1.82, 2.24) is 4.31 Å². The summed E-state index contributed by atoms with van der Waals surface area (Å²) in [4.78, 5) is 27.5. The maximum absolute atomic E-state index is 14.8. The Balaban J connectivity index is 1.47. The van der Waals surface area contributed by atoms with E-state index in [2.05, 4.69) is 0 Å². The van der Waals surface area contributed by atoms with E-state index in [1.807, 2.05) is 31.2 Å². The number of carboxylic acid groups (broad SMARTS) is 1. The Morgan fingerprint density at radius 2 is 1.47 bits per heavy atom. The van der Waals surface area contributed by atoms with E-state index in [1.165, 1.54) is 46.2 Å². The number of rotatable bonds is 11. The van der Waals surface area contributed by atoms with Crippen molar-refractivity contribution >= 4 is 29.5 Å². The minimum atomic E-state index is -1.56. The standard InChI is InChI=1S/C36H34F4N2O4S/c1-22-7-14-27(15-8-22)47-41(20-29-34(39)30(37)18-31(38)35(29)40)21-33(44)42(26-13-16-28(36(45)46)32(43)17-26)19-23-9-11-25(12-10-23)24-5-3-2-4-6-24/h7-18,24,43H,2-6,19-21H2,1H3,(H,45,46). The molecule has 0 unspecified atom stereocenters. The molecule has 2 N–H and O–H groups in total. The summed E-state index contributed by atoms with van der Waals surface area (Å²) in [6, 6.07) is 18.8. The van der Waals surface area contributed by atoms with Crippen molar-refractivity contribution in [3.8, 4) is 5.75 Å². The molecule has 1 aliphatic carbocycles. The van der Waals surface area contributed by atoms with Gasteiger partial charge in [0.2, 0.25) is 5.91 Å². The van der Waals surface area contributed by atoms with Crippen LogP contribution in [-0.2, 0) is 17.9 Å². The maximum atomic E-state index is 14.8. The first-order valence-corrected chi connectivity index (χ1v) is 16.0. The molecule has 0 heterocycles. The van der Waals surface area contributed by atoms with E-state index >= 15 is 0 Å². The van der Waals surface area contributed by atoms with Crippen molar-refractivity contribution in [1.29, 1.82) is 0 Å². The van der Waals surface area contributed by atoms with Gasteiger partial charge in [0.05, 0.1) is 13.1 Å². The number of halogens is 4. The fraction of sp³-hybridized carbons (Fsp3) is 0.278. The monoisotopic (exact) mass is 666 g/mol. The number of carboxylic acids is 1. The predicted molar refractivity (Wildman–Crippen MR) is 172 cm³/mol. The number of amides is 1. The van der Waals surface area contributed by atoms with Crippen LogP contribution in [0.25, 0.3) is 0 Å². The summed E-state index contributed by atoms with van der Waals surface area (Å²) in [6.45, 7) is 0.761. The Morgan fingerprint density at radius 1 is 0.830 bits per heavy atom. The number of aryl methyl sites for hydroxylation is 1. The topological polar surface area (TPSA) is 81.1 Å². The molecule has 0 aliphatic heterocycles. The number of carbonyl (C=O) groups excluding carboxylic acids is 1. The van der Waals surface area contributed by atoms with E-state index < -0.39 is 59.5 Å². The molecular formula is C36H34F4N2O4S. The molecule has 0 radical (unpaired) electrons. The highest BCUT2D eigenvalue weighted by atomic mass is 32.2. The number of phenols is 1. The van der Waals surface area contributed by atoms with Crippen molar-refractivity contribution < 1.29 is 37.4 Å². The molecule has 5 rings (SSSR count). The number of benzene rings is 4. The van der Waals surface area contributed by atoms with Gasteiger partial charge in [0, 0.05) is 34.8 Å². The van der Waals surface area contributed by atoms with Crippen LogP contribution in [0.2, 0.25) is 0 Å². The van der Waals surface area contributed by atoms with Crippen molar-refractivity contribution in [2.45, 2.75) is 62.9 Å². The minimum absolute atomic E-state index is 0.0238. The van der Waals surface area contributed by atoms with Gasteiger partial charge in [-0.1, -0.05) is 61.2 Å². The lowest BCUT2D eigenvalue weighted by molar-refractivity contribution is -0.118. The summed E-state index contributed by atoms with van der Waals surface area (Å²) in [7, 11) is 0. The zero-order chi connectivity index (χ0) is 33.7. The molecule has 6 nitrogen and oxygen atoms in total. The first-order valence-electron chi connectivity index (χ1n) is 15.3. The normalized spacial score (nSPS) is 13.6. The van der Waals surface area contributed by atoms with Crippen LogP contribution in [-0.4, -0.2) is 32.9 Å². The second-order valence-electron chi connectivity index (χ2n) is 11.7. The van der Waals surface area contributed by atoms with Crippen LogP contribution in [0.3, 0.4) is 0 Å². The Hall–Kier alpha value is -4.35. The van der Waals surface area contributed by atoms with Crippen molar-refractivity contribution in [3.63, 3.8) is 0 Å². The highest BCUT2D eigenvalue weighted by Crippen LogP contribution is 2.34. The molecule has 4 aromatic rings. The molecule has 4 aromatic carbocycles. The summed E-state index contributed by atoms with van der Waals surface area (Å²) < 4.78 is 59.1. The van der Waals surface area contributed by atoms with Gasteiger partial charge in [0.1, 0.15) is 11.3 Å². The minimum Gasteiger partial charge on any atom is -0.507 e. The van der Waals surface area contributed by atoms with E-state index in [1.54, 1.807) is 24.3 Å². The molecule has 11 heteroatoms. The van der Waals surface area contributed by atoms with E-state index in [0.29, 0.717) is 10.8 Å². The lowest BCUT2D eigenvalue weighted by atomic mass is 9.84. The van der Waals surface area contributed by atoms with Crippen LogP contribution in [0.4, 0.5) is 23.2 Å². The van der Waals surface area contributed by atoms with Gasteiger partial charge in [-0.3, -0.25) is 4.79 Å². The molecule has 0 atom stereocenters. The molecule has 1 saturated carbocycles. The molecule has 1 aliphatic rings. The van der Waals surface area contributed by atoms with Gasteiger partial charge in [0.25, 0.3) is 0 Å². The lowest BCUT2D eigenvalue weighted by Crippen LogP contribution is -2.38. The van der Waals surface area contributed by atoms with Crippen LogP contribution in [0.15, 0.2) is 77.7 Å². The Kier molecular flexibility index (Phi) is 10.9. The van der Waals surface area contributed by atoms with Gasteiger partial charge in [-0.2, -0.15) is 0 Å². The van der Waals surface area contributed by atoms with Gasteiger partial charge in [-0.25, -0.2) is 26.7 Å². The third-order valence-electron chi connectivity index (χ3n) is 8.33. The van der Waals surface area contributed by atoms with Crippen LogP contribution < -0.4 is 4.90 Å². The Bertz CT molecular complexity index is 1720. The largest absolute Gasteiger partial charge is 0.507 e. The molecule has 0 spiro atoms. The average Bonchev–Trinajstić information content (AvgIpc) is 3.06. The van der Waals surface area contributed by atoms with Gasteiger partial charge < -0.3 is 15.1 Å². The number of hydrogen-bond donors (Lipinski definition) is 2. The Labute approximate surface area is 274 Å². The highest BCUT2D eigenvalue weighted by molar-refractivity contribution is 7.97. The van der Waals surface area contributed by atoms with E-state index in [-0.39, 0.29) is 23.9 Å². The number of aromatic carboxylic acids is 1. The average molecular weight is 667 g/mol. The molecule has 0 aromatic heterocycles. The van der Waals surface area contributed by atoms with Crippen LogP contribution in [0, 0.1) is 30.2 Å². The van der Waals surface area contributed by atoms with E-state index in [4.69, 9.17) is 0 Å². The second-order valence-corrected chi connectivity index (χ2v) is 12.9. The third-order valence-corrected chi connectivity index (χ3v) is 9.33. The van der Waals surface area contributed by atoms with Crippen LogP contribution >= 0.6 is 11.9 Å². The quantitative estimate of drug-likeness (QED) is 0.0947. The highest BCUT2D eigenvalue weighted by Gasteiger charge is 2.26. The number of hydrogen-bond acceptors (Lipinski definition) is 5. The van der Waals surface area contributed by atoms with E-state index in [9.17, 15) is 37.4 Å². The summed E-state index contributed by atoms with van der Waals surface area (Å²) in [5.41, 5.74) is 1.87. The Morgan fingerprint density at radius 3 is 2.06 bits per heavy atom. The summed E-state index contributed by atoms with van der Waals surface area (Å²) in [5, 5.41) is 19.9. The van der Waals surface area contributed by atoms with Crippen molar-refractivity contribution in [2.75, 3.05) is 11.4 Å². The van der Waals surface area contributed by atoms with Crippen LogP contribution in [0.5, 0.6) is 5.75 Å². The summed E-state index contributed by atoms with van der Waals surface area (Å²) in [6.07, 6.45) is 5.81. The summed E-state index contributed by atoms with van der Waals surface area (Å²) in [5.74, 6) is -8.25. The van der Waals surface area contributed by atoms with Crippen molar-refractivity contribution in [3.05, 3.63) is 124 Å². The maximum Gasteiger partial charge on any atom is 0.339 e. The van der Waals surface area contributed by atoms with Gasteiger partial charge in [-0.15, -0.1) is 0 Å². The SMILES string of the molecule is Cc1ccc(SN(CC(=O)N(Cc2ccc(C3CCCCC3)cc2)c2ccc(C(=O)O)c(O)c2)Cc2c(F)c(F)cc(F)c2F)cc1. The van der Waals surface area contributed by atoms with Crippen LogP contribution in [0.1, 0.15) is 70.6 Å². The predicted octanol–water partition coefficient (Wildman–Crippen LogP) is 8.75. The number of aromatic hydroxyl groups is 1. The van der Waals surface area contributed by atoms with E-state index in [0.717, 1.165) is 42.0 Å². The van der Waals surface area contributed by atoms with Crippen molar-refractivity contribution in [2.24, 2.45) is 0 Å². The first-order chi connectivity index (χ1) is 22.5.